The fourth-order valence-corrected chi connectivity index (χ4v) is 0.551. The molecule has 0 aromatic heterocycles. The van der Waals surface area contributed by atoms with Crippen LogP contribution < -0.4 is 5.73 Å². The monoisotopic (exact) mass is 149 g/mol. The lowest BCUT2D eigenvalue weighted by molar-refractivity contribution is -0.140. The van der Waals surface area contributed by atoms with E-state index in [1.807, 2.05) is 0 Å². The summed E-state index contributed by atoms with van der Waals surface area (Å²) in [5.41, 5.74) is 4.99. The van der Waals surface area contributed by atoms with Crippen LogP contribution in [0.15, 0.2) is 0 Å². The van der Waals surface area contributed by atoms with Gasteiger partial charge in [-0.05, 0) is 5.92 Å². The summed E-state index contributed by atoms with van der Waals surface area (Å²) in [6, 6.07) is -1.39. The molecule has 4 heteroatoms. The Hall–Kier alpha value is -0.640. The van der Waals surface area contributed by atoms with E-state index < -0.39 is 18.2 Å². The Balaban J connectivity index is 3.94. The highest BCUT2D eigenvalue weighted by Crippen LogP contribution is 2.08. The minimum Gasteiger partial charge on any atom is -0.480 e. The molecule has 0 aliphatic heterocycles. The zero-order chi connectivity index (χ0) is 8.31. The first-order valence-electron chi connectivity index (χ1n) is 3.09. The molecular weight excluding hydrogens is 137 g/mol. The number of hydrogen-bond acceptors (Lipinski definition) is 2. The Kier molecular flexibility index (Phi) is 3.28. The number of alkyl halides is 1. The van der Waals surface area contributed by atoms with Gasteiger partial charge in [-0.1, -0.05) is 13.8 Å². The van der Waals surface area contributed by atoms with E-state index in [1.165, 1.54) is 0 Å². The van der Waals surface area contributed by atoms with Crippen LogP contribution in [0.3, 0.4) is 0 Å². The number of rotatable bonds is 3. The maximum Gasteiger partial charge on any atom is 0.323 e. The zero-order valence-corrected chi connectivity index (χ0v) is 6.04. The topological polar surface area (TPSA) is 63.3 Å². The van der Waals surface area contributed by atoms with Crippen molar-refractivity contribution in [2.24, 2.45) is 11.7 Å². The standard InChI is InChI=1S/C6H12FNO2/c1-3(2)4(7)5(8)6(9)10/h3-5H,8H2,1-2H3,(H,9,10)/t4-,5-/m0/s1. The molecule has 60 valence electrons. The molecule has 0 amide bonds. The van der Waals surface area contributed by atoms with Crippen LogP contribution >= 0.6 is 0 Å². The summed E-state index contributed by atoms with van der Waals surface area (Å²) in [5.74, 6) is -1.63. The summed E-state index contributed by atoms with van der Waals surface area (Å²) in [5, 5.41) is 8.24. The summed E-state index contributed by atoms with van der Waals surface area (Å²) in [6.07, 6.45) is -1.46. The third-order valence-electron chi connectivity index (χ3n) is 1.27. The Labute approximate surface area is 59.0 Å². The van der Waals surface area contributed by atoms with Crippen LogP contribution in [0.5, 0.6) is 0 Å². The second kappa shape index (κ2) is 3.51. The normalized spacial score (nSPS) is 16.9. The lowest BCUT2D eigenvalue weighted by Gasteiger charge is -2.15. The predicted molar refractivity (Wildman–Crippen MR) is 35.3 cm³/mol. The molecule has 0 saturated heterocycles. The van der Waals surface area contributed by atoms with Crippen molar-refractivity contribution in [1.82, 2.24) is 0 Å². The molecule has 0 fully saturated rings. The molecule has 3 nitrogen and oxygen atoms in total. The van der Waals surface area contributed by atoms with Gasteiger partial charge in [-0.3, -0.25) is 4.79 Å². The van der Waals surface area contributed by atoms with Crippen LogP contribution in [0.1, 0.15) is 13.8 Å². The molecule has 0 unspecified atom stereocenters. The molecule has 0 bridgehead atoms. The van der Waals surface area contributed by atoms with Crippen molar-refractivity contribution in [3.63, 3.8) is 0 Å². The number of nitrogens with two attached hydrogens (primary N) is 1. The third kappa shape index (κ3) is 2.31. The van der Waals surface area contributed by atoms with Gasteiger partial charge < -0.3 is 10.8 Å². The Morgan fingerprint density at radius 2 is 2.00 bits per heavy atom. The molecule has 0 aliphatic rings. The molecule has 3 N–H and O–H groups in total. The van der Waals surface area contributed by atoms with Crippen LogP contribution in [0.25, 0.3) is 0 Å². The average molecular weight is 149 g/mol. The predicted octanol–water partition coefficient (Wildman–Crippen LogP) is 0.392. The smallest absolute Gasteiger partial charge is 0.323 e. The first kappa shape index (κ1) is 9.36. The van der Waals surface area contributed by atoms with Crippen LogP contribution in [-0.2, 0) is 4.79 Å². The second-order valence-electron chi connectivity index (χ2n) is 2.55. The molecule has 10 heavy (non-hydrogen) atoms. The van der Waals surface area contributed by atoms with Gasteiger partial charge in [0.2, 0.25) is 0 Å². The van der Waals surface area contributed by atoms with Crippen LogP contribution in [-0.4, -0.2) is 23.3 Å². The quantitative estimate of drug-likeness (QED) is 0.610. The van der Waals surface area contributed by atoms with Crippen molar-refractivity contribution in [2.45, 2.75) is 26.1 Å². The van der Waals surface area contributed by atoms with Gasteiger partial charge >= 0.3 is 5.97 Å². The Bertz CT molecular complexity index is 127. The van der Waals surface area contributed by atoms with E-state index in [4.69, 9.17) is 10.8 Å². The van der Waals surface area contributed by atoms with Crippen LogP contribution in [0.2, 0.25) is 0 Å². The first-order chi connectivity index (χ1) is 4.46. The van der Waals surface area contributed by atoms with Crippen molar-refractivity contribution in [3.05, 3.63) is 0 Å². The van der Waals surface area contributed by atoms with Gasteiger partial charge in [0.15, 0.2) is 0 Å². The fraction of sp³-hybridized carbons (Fsp3) is 0.833. The molecular formula is C6H12FNO2. The first-order valence-corrected chi connectivity index (χ1v) is 3.09. The van der Waals surface area contributed by atoms with E-state index >= 15 is 0 Å². The second-order valence-corrected chi connectivity index (χ2v) is 2.55. The molecule has 0 aromatic carbocycles. The average Bonchev–Trinajstić information content (AvgIpc) is 1.84. The van der Waals surface area contributed by atoms with Crippen molar-refractivity contribution in [1.29, 1.82) is 0 Å². The maximum atomic E-state index is 12.7. The summed E-state index contributed by atoms with van der Waals surface area (Å²) < 4.78 is 12.7. The van der Waals surface area contributed by atoms with Crippen molar-refractivity contribution >= 4 is 5.97 Å². The molecule has 0 heterocycles. The van der Waals surface area contributed by atoms with Gasteiger partial charge in [0, 0.05) is 0 Å². The van der Waals surface area contributed by atoms with Gasteiger partial charge in [0.1, 0.15) is 12.2 Å². The van der Waals surface area contributed by atoms with Crippen LogP contribution in [0, 0.1) is 5.92 Å². The molecule has 0 spiro atoms. The maximum absolute atomic E-state index is 12.7. The summed E-state index contributed by atoms with van der Waals surface area (Å²) >= 11 is 0. The SMILES string of the molecule is CC(C)[C@H](F)[C@H](N)C(=O)O. The van der Waals surface area contributed by atoms with Gasteiger partial charge in [-0.15, -0.1) is 0 Å². The van der Waals surface area contributed by atoms with Gasteiger partial charge in [0.25, 0.3) is 0 Å². The third-order valence-corrected chi connectivity index (χ3v) is 1.27. The number of aliphatic carboxylic acids is 1. The van der Waals surface area contributed by atoms with E-state index in [0.717, 1.165) is 0 Å². The highest BCUT2D eigenvalue weighted by Gasteiger charge is 2.26. The largest absolute Gasteiger partial charge is 0.480 e. The summed E-state index contributed by atoms with van der Waals surface area (Å²) in [7, 11) is 0. The lowest BCUT2D eigenvalue weighted by Crippen LogP contribution is -2.41. The van der Waals surface area contributed by atoms with Crippen molar-refractivity contribution in [2.75, 3.05) is 0 Å². The minimum atomic E-state index is -1.46. The van der Waals surface area contributed by atoms with Gasteiger partial charge in [-0.25, -0.2) is 4.39 Å². The molecule has 0 aliphatic carbocycles. The molecule has 0 radical (unpaired) electrons. The number of halogens is 1. The van der Waals surface area contributed by atoms with Gasteiger partial charge in [0.05, 0.1) is 0 Å². The number of carbonyl (C=O) groups is 1. The highest BCUT2D eigenvalue weighted by molar-refractivity contribution is 5.73. The van der Waals surface area contributed by atoms with E-state index in [9.17, 15) is 9.18 Å². The lowest BCUT2D eigenvalue weighted by atomic mass is 10.0. The number of carboxylic acid groups (broad SMARTS) is 1. The number of carboxylic acids is 1. The van der Waals surface area contributed by atoms with Gasteiger partial charge in [-0.2, -0.15) is 0 Å². The molecule has 0 aromatic rings. The zero-order valence-electron chi connectivity index (χ0n) is 6.04. The summed E-state index contributed by atoms with van der Waals surface area (Å²) in [4.78, 5) is 10.1. The molecule has 0 rings (SSSR count). The van der Waals surface area contributed by atoms with E-state index in [1.54, 1.807) is 13.8 Å². The molecule has 0 saturated carbocycles. The van der Waals surface area contributed by atoms with Crippen molar-refractivity contribution < 1.29 is 14.3 Å². The van der Waals surface area contributed by atoms with Crippen molar-refractivity contribution in [3.8, 4) is 0 Å². The number of hydrogen-bond donors (Lipinski definition) is 2. The summed E-state index contributed by atoms with van der Waals surface area (Å²) in [6.45, 7) is 3.18. The Morgan fingerprint density at radius 1 is 1.60 bits per heavy atom. The fourth-order valence-electron chi connectivity index (χ4n) is 0.551. The van der Waals surface area contributed by atoms with E-state index in [2.05, 4.69) is 0 Å². The van der Waals surface area contributed by atoms with Crippen LogP contribution in [0.4, 0.5) is 4.39 Å². The highest BCUT2D eigenvalue weighted by atomic mass is 19.1. The molecule has 2 atom stereocenters. The minimum absolute atomic E-state index is 0.342. The van der Waals surface area contributed by atoms with E-state index in [-0.39, 0.29) is 5.92 Å². The van der Waals surface area contributed by atoms with E-state index in [0.29, 0.717) is 0 Å². The Morgan fingerprint density at radius 3 is 2.10 bits per heavy atom.